The molecule has 0 aliphatic rings. The lowest BCUT2D eigenvalue weighted by Gasteiger charge is -2.20. The van der Waals surface area contributed by atoms with Crippen molar-refractivity contribution in [1.29, 1.82) is 0 Å². The zero-order chi connectivity index (χ0) is 21.4. The van der Waals surface area contributed by atoms with E-state index in [1.54, 1.807) is 6.92 Å². The Bertz CT molecular complexity index is 794. The number of carbonyl (C=O) groups is 1. The van der Waals surface area contributed by atoms with Gasteiger partial charge < -0.3 is 19.5 Å². The molecule has 0 unspecified atom stereocenters. The highest BCUT2D eigenvalue weighted by atomic mass is 16.5. The van der Waals surface area contributed by atoms with E-state index < -0.39 is 6.10 Å². The summed E-state index contributed by atoms with van der Waals surface area (Å²) in [6.07, 6.45) is -0.593. The minimum atomic E-state index is -0.593. The number of amides is 1. The van der Waals surface area contributed by atoms with Crippen LogP contribution in [0.5, 0.6) is 17.2 Å². The summed E-state index contributed by atoms with van der Waals surface area (Å²) in [6.45, 7) is 13.6. The highest BCUT2D eigenvalue weighted by molar-refractivity contribution is 5.80. The van der Waals surface area contributed by atoms with E-state index in [1.165, 1.54) is 5.56 Å². The number of rotatable bonds is 9. The molecular weight excluding hydrogens is 366 g/mol. The molecule has 0 radical (unpaired) electrons. The van der Waals surface area contributed by atoms with Crippen LogP contribution in [0.4, 0.5) is 0 Å². The lowest BCUT2D eigenvalue weighted by atomic mass is 9.87. The molecule has 0 saturated carbocycles. The van der Waals surface area contributed by atoms with Gasteiger partial charge in [-0.3, -0.25) is 4.79 Å². The largest absolute Gasteiger partial charge is 0.490 e. The highest BCUT2D eigenvalue weighted by Crippen LogP contribution is 2.28. The van der Waals surface area contributed by atoms with E-state index in [9.17, 15) is 4.79 Å². The number of nitrogens with one attached hydrogen (secondary N) is 1. The van der Waals surface area contributed by atoms with Crippen molar-refractivity contribution in [2.24, 2.45) is 0 Å². The summed E-state index contributed by atoms with van der Waals surface area (Å²) in [5.41, 5.74) is 2.24. The molecule has 0 bridgehead atoms. The fourth-order valence-corrected chi connectivity index (χ4v) is 2.83. The van der Waals surface area contributed by atoms with Crippen molar-refractivity contribution < 1.29 is 19.0 Å². The minimum Gasteiger partial charge on any atom is -0.490 e. The molecule has 2 aromatic rings. The van der Waals surface area contributed by atoms with Crippen LogP contribution < -0.4 is 19.5 Å². The molecule has 158 valence electrons. The fraction of sp³-hybridized carbons (Fsp3) is 0.458. The third kappa shape index (κ3) is 6.70. The molecule has 1 N–H and O–H groups in total. The molecule has 0 heterocycles. The van der Waals surface area contributed by atoms with Crippen molar-refractivity contribution in [1.82, 2.24) is 5.32 Å². The topological polar surface area (TPSA) is 56.8 Å². The average molecular weight is 400 g/mol. The molecule has 0 saturated heterocycles. The molecular formula is C24H33NO4. The first kappa shape index (κ1) is 22.6. The van der Waals surface area contributed by atoms with Gasteiger partial charge in [0, 0.05) is 6.54 Å². The van der Waals surface area contributed by atoms with Crippen molar-refractivity contribution in [3.8, 4) is 17.2 Å². The fourth-order valence-electron chi connectivity index (χ4n) is 2.83. The second-order valence-electron chi connectivity index (χ2n) is 7.90. The quantitative estimate of drug-likeness (QED) is 0.654. The predicted molar refractivity (Wildman–Crippen MR) is 116 cm³/mol. The van der Waals surface area contributed by atoms with E-state index >= 15 is 0 Å². The molecule has 0 aliphatic carbocycles. The smallest absolute Gasteiger partial charge is 0.261 e. The first-order valence-electron chi connectivity index (χ1n) is 10.2. The maximum atomic E-state index is 12.4. The van der Waals surface area contributed by atoms with Gasteiger partial charge in [-0.25, -0.2) is 0 Å². The number of benzene rings is 2. The van der Waals surface area contributed by atoms with Crippen LogP contribution in [-0.4, -0.2) is 25.2 Å². The monoisotopic (exact) mass is 399 g/mol. The predicted octanol–water partition coefficient (Wildman–Crippen LogP) is 4.87. The van der Waals surface area contributed by atoms with E-state index in [1.807, 2.05) is 56.3 Å². The third-order valence-corrected chi connectivity index (χ3v) is 4.48. The molecule has 0 spiro atoms. The van der Waals surface area contributed by atoms with E-state index in [0.717, 1.165) is 5.56 Å². The molecule has 2 aromatic carbocycles. The van der Waals surface area contributed by atoms with Gasteiger partial charge in [0.1, 0.15) is 5.75 Å². The van der Waals surface area contributed by atoms with Gasteiger partial charge in [0.2, 0.25) is 0 Å². The van der Waals surface area contributed by atoms with Gasteiger partial charge in [-0.1, -0.05) is 39.0 Å². The highest BCUT2D eigenvalue weighted by Gasteiger charge is 2.17. The average Bonchev–Trinajstić information content (AvgIpc) is 2.68. The molecule has 5 heteroatoms. The van der Waals surface area contributed by atoms with Gasteiger partial charge in [-0.05, 0) is 61.6 Å². The van der Waals surface area contributed by atoms with Crippen LogP contribution in [0.2, 0.25) is 0 Å². The van der Waals surface area contributed by atoms with Crippen molar-refractivity contribution in [2.45, 2.75) is 59.6 Å². The lowest BCUT2D eigenvalue weighted by Crippen LogP contribution is -2.35. The Morgan fingerprint density at radius 3 is 2.17 bits per heavy atom. The van der Waals surface area contributed by atoms with Crippen LogP contribution in [0.3, 0.4) is 0 Å². The molecule has 0 aromatic heterocycles. The normalized spacial score (nSPS) is 12.2. The second-order valence-corrected chi connectivity index (χ2v) is 7.90. The number of ether oxygens (including phenoxy) is 3. The third-order valence-electron chi connectivity index (χ3n) is 4.48. The zero-order valence-corrected chi connectivity index (χ0v) is 18.4. The Morgan fingerprint density at radius 1 is 0.966 bits per heavy atom. The molecule has 0 aliphatic heterocycles. The SMILES string of the molecule is CCOc1ccc(CNC(=O)[C@@H](C)Oc2ccc(C(C)(C)C)cc2)cc1OCC. The van der Waals surface area contributed by atoms with Crippen LogP contribution in [0.1, 0.15) is 52.7 Å². The molecule has 1 amide bonds. The van der Waals surface area contributed by atoms with Crippen LogP contribution in [-0.2, 0) is 16.8 Å². The molecule has 29 heavy (non-hydrogen) atoms. The Morgan fingerprint density at radius 2 is 1.59 bits per heavy atom. The summed E-state index contributed by atoms with van der Waals surface area (Å²) in [5, 5.41) is 2.92. The summed E-state index contributed by atoms with van der Waals surface area (Å²) in [7, 11) is 0. The summed E-state index contributed by atoms with van der Waals surface area (Å²) >= 11 is 0. The van der Waals surface area contributed by atoms with Crippen LogP contribution >= 0.6 is 0 Å². The maximum Gasteiger partial charge on any atom is 0.261 e. The molecule has 0 fully saturated rings. The number of hydrogen-bond donors (Lipinski definition) is 1. The lowest BCUT2D eigenvalue weighted by molar-refractivity contribution is -0.127. The Hall–Kier alpha value is -2.69. The van der Waals surface area contributed by atoms with Crippen molar-refractivity contribution >= 4 is 5.91 Å². The standard InChI is InChI=1S/C24H33NO4/c1-7-27-21-14-9-18(15-22(21)28-8-2)16-25-23(26)17(3)29-20-12-10-19(11-13-20)24(4,5)6/h9-15,17H,7-8,16H2,1-6H3,(H,25,26)/t17-/m1/s1. The number of hydrogen-bond acceptors (Lipinski definition) is 4. The van der Waals surface area contributed by atoms with Gasteiger partial charge in [0.05, 0.1) is 13.2 Å². The van der Waals surface area contributed by atoms with E-state index in [-0.39, 0.29) is 11.3 Å². The minimum absolute atomic E-state index is 0.0829. The van der Waals surface area contributed by atoms with Crippen LogP contribution in [0.25, 0.3) is 0 Å². The van der Waals surface area contributed by atoms with Crippen molar-refractivity contribution in [2.75, 3.05) is 13.2 Å². The summed E-state index contributed by atoms with van der Waals surface area (Å²) in [6, 6.07) is 13.6. The van der Waals surface area contributed by atoms with E-state index in [0.29, 0.717) is 37.0 Å². The number of carbonyl (C=O) groups excluding carboxylic acids is 1. The van der Waals surface area contributed by atoms with Gasteiger partial charge in [-0.2, -0.15) is 0 Å². The van der Waals surface area contributed by atoms with E-state index in [4.69, 9.17) is 14.2 Å². The first-order valence-corrected chi connectivity index (χ1v) is 10.2. The first-order chi connectivity index (χ1) is 13.7. The Balaban J connectivity index is 1.93. The summed E-state index contributed by atoms with van der Waals surface area (Å²) in [4.78, 5) is 12.4. The zero-order valence-electron chi connectivity index (χ0n) is 18.4. The Kier molecular flexibility index (Phi) is 7.94. The van der Waals surface area contributed by atoms with Gasteiger partial charge in [0.15, 0.2) is 17.6 Å². The second kappa shape index (κ2) is 10.2. The van der Waals surface area contributed by atoms with Crippen LogP contribution in [0.15, 0.2) is 42.5 Å². The van der Waals surface area contributed by atoms with Crippen molar-refractivity contribution in [3.05, 3.63) is 53.6 Å². The summed E-state index contributed by atoms with van der Waals surface area (Å²) in [5.74, 6) is 1.90. The van der Waals surface area contributed by atoms with Gasteiger partial charge >= 0.3 is 0 Å². The van der Waals surface area contributed by atoms with Crippen molar-refractivity contribution in [3.63, 3.8) is 0 Å². The molecule has 5 nitrogen and oxygen atoms in total. The van der Waals surface area contributed by atoms with Crippen LogP contribution in [0, 0.1) is 0 Å². The van der Waals surface area contributed by atoms with Gasteiger partial charge in [0.25, 0.3) is 5.91 Å². The Labute approximate surface area is 174 Å². The van der Waals surface area contributed by atoms with Gasteiger partial charge in [-0.15, -0.1) is 0 Å². The maximum absolute atomic E-state index is 12.4. The molecule has 2 rings (SSSR count). The molecule has 1 atom stereocenters. The summed E-state index contributed by atoms with van der Waals surface area (Å²) < 4.78 is 17.0. The van der Waals surface area contributed by atoms with E-state index in [2.05, 4.69) is 26.1 Å².